The van der Waals surface area contributed by atoms with E-state index >= 15 is 0 Å². The summed E-state index contributed by atoms with van der Waals surface area (Å²) < 4.78 is 11.5. The summed E-state index contributed by atoms with van der Waals surface area (Å²) in [4.78, 5) is 15.4. The summed E-state index contributed by atoms with van der Waals surface area (Å²) in [5.41, 5.74) is 14.0. The zero-order valence-electron chi connectivity index (χ0n) is 32.9. The average Bonchev–Trinajstić information content (AvgIpc) is 4.01. The van der Waals surface area contributed by atoms with Gasteiger partial charge in [0.1, 0.15) is 5.58 Å². The van der Waals surface area contributed by atoms with Gasteiger partial charge in [-0.1, -0.05) is 141 Å². The molecule has 0 fully saturated rings. The summed E-state index contributed by atoms with van der Waals surface area (Å²) in [6.07, 6.45) is 0. The Balaban J connectivity index is 1.02. The van der Waals surface area contributed by atoms with Crippen molar-refractivity contribution in [2.75, 3.05) is 0 Å². The topological polar surface area (TPSA) is 61.7 Å². The lowest BCUT2D eigenvalue weighted by molar-refractivity contribution is 0.660. The number of benzene rings is 8. The van der Waals surface area contributed by atoms with E-state index in [1.54, 1.807) is 0 Å². The first-order chi connectivity index (χ1) is 29.5. The second-order valence-electron chi connectivity index (χ2n) is 16.4. The minimum Gasteiger partial charge on any atom is -0.454 e. The van der Waals surface area contributed by atoms with Crippen LogP contribution in [0.15, 0.2) is 180 Å². The minimum atomic E-state index is -0.125. The Labute approximate surface area is 344 Å². The van der Waals surface area contributed by atoms with Gasteiger partial charge in [0.25, 0.3) is 0 Å². The van der Waals surface area contributed by atoms with Crippen LogP contribution in [0.1, 0.15) is 25.0 Å². The highest BCUT2D eigenvalue weighted by atomic mass is 16.3. The molecule has 0 atom stereocenters. The van der Waals surface area contributed by atoms with Gasteiger partial charge in [-0.05, 0) is 70.8 Å². The Morgan fingerprint density at radius 2 is 1.03 bits per heavy atom. The number of fused-ring (bicyclic) bond motifs is 12. The van der Waals surface area contributed by atoms with Crippen LogP contribution in [-0.2, 0) is 5.41 Å². The molecule has 6 heteroatoms. The van der Waals surface area contributed by atoms with Gasteiger partial charge in [0.05, 0.1) is 27.8 Å². The maximum absolute atomic E-state index is 6.99. The van der Waals surface area contributed by atoms with Crippen molar-refractivity contribution in [3.05, 3.63) is 187 Å². The lowest BCUT2D eigenvalue weighted by atomic mass is 9.82. The molecule has 0 N–H and O–H groups in total. The quantitative estimate of drug-likeness (QED) is 0.179. The van der Waals surface area contributed by atoms with E-state index in [0.717, 1.165) is 66.1 Å². The molecule has 0 aliphatic heterocycles. The number of hydrogen-bond donors (Lipinski definition) is 0. The highest BCUT2D eigenvalue weighted by molar-refractivity contribution is 6.14. The predicted molar refractivity (Wildman–Crippen MR) is 244 cm³/mol. The smallest absolute Gasteiger partial charge is 0.238 e. The van der Waals surface area contributed by atoms with Gasteiger partial charge in [-0.15, -0.1) is 0 Å². The van der Waals surface area contributed by atoms with E-state index in [1.165, 1.54) is 38.5 Å². The Hall–Kier alpha value is -7.83. The molecule has 282 valence electrons. The van der Waals surface area contributed by atoms with E-state index in [4.69, 9.17) is 19.4 Å². The molecule has 0 spiro atoms. The maximum Gasteiger partial charge on any atom is 0.238 e. The Morgan fingerprint density at radius 3 is 1.78 bits per heavy atom. The van der Waals surface area contributed by atoms with Crippen LogP contribution in [0.25, 0.3) is 111 Å². The molecule has 8 aromatic carbocycles. The molecule has 0 saturated heterocycles. The zero-order valence-corrected chi connectivity index (χ0v) is 32.9. The van der Waals surface area contributed by atoms with E-state index in [1.807, 2.05) is 30.3 Å². The van der Waals surface area contributed by atoms with Crippen LogP contribution in [0, 0.1) is 0 Å². The normalized spacial score (nSPS) is 13.3. The van der Waals surface area contributed by atoms with Gasteiger partial charge in [0, 0.05) is 48.9 Å². The molecule has 0 amide bonds. The third-order valence-electron chi connectivity index (χ3n) is 12.8. The third-order valence-corrected chi connectivity index (χ3v) is 12.8. The number of rotatable bonds is 4. The highest BCUT2D eigenvalue weighted by Gasteiger charge is 2.36. The van der Waals surface area contributed by atoms with E-state index in [9.17, 15) is 0 Å². The summed E-state index contributed by atoms with van der Waals surface area (Å²) in [7, 11) is 0. The first kappa shape index (κ1) is 33.2. The van der Waals surface area contributed by atoms with Gasteiger partial charge in [-0.2, -0.15) is 9.97 Å². The number of furan rings is 1. The van der Waals surface area contributed by atoms with Crippen molar-refractivity contribution < 1.29 is 4.42 Å². The second kappa shape index (κ2) is 12.1. The average molecular weight is 770 g/mol. The lowest BCUT2D eigenvalue weighted by Gasteiger charge is -2.21. The molecule has 0 unspecified atom stereocenters. The molecule has 4 aromatic heterocycles. The monoisotopic (exact) mass is 769 g/mol. The van der Waals surface area contributed by atoms with E-state index in [0.29, 0.717) is 17.6 Å². The predicted octanol–water partition coefficient (Wildman–Crippen LogP) is 13.6. The summed E-state index contributed by atoms with van der Waals surface area (Å²) in [6.45, 7) is 4.69. The van der Waals surface area contributed by atoms with Gasteiger partial charge < -0.3 is 8.98 Å². The molecule has 12 aromatic rings. The fraction of sp³-hybridized carbons (Fsp3) is 0.0556. The highest BCUT2D eigenvalue weighted by Crippen LogP contribution is 2.51. The molecular formula is C54H35N5O. The molecule has 13 rings (SSSR count). The molecule has 6 nitrogen and oxygen atoms in total. The summed E-state index contributed by atoms with van der Waals surface area (Å²) >= 11 is 0. The third kappa shape index (κ3) is 4.56. The van der Waals surface area contributed by atoms with Gasteiger partial charge in [0.2, 0.25) is 5.95 Å². The summed E-state index contributed by atoms with van der Waals surface area (Å²) in [5, 5.41) is 6.84. The van der Waals surface area contributed by atoms with Crippen LogP contribution in [0.4, 0.5) is 0 Å². The maximum atomic E-state index is 6.99. The summed E-state index contributed by atoms with van der Waals surface area (Å²) in [6, 6.07) is 62.2. The van der Waals surface area contributed by atoms with E-state index in [2.05, 4.69) is 169 Å². The standard InChI is InChI=1S/C54H35N5O/c1-54(2)42-22-10-6-17-34(42)40-30-41-37-20-9-11-23-44(37)58(48(41)31-43(40)54)47-26-14-21-39-38-28-27-33(29-49(38)60-50(39)47)52-55-51(32-15-4-3-5-16-32)56-53(57-52)59-45-24-12-7-18-35(45)36-19-8-13-25-46(36)59/h3-31H,1-2H3. The van der Waals surface area contributed by atoms with E-state index in [-0.39, 0.29) is 5.41 Å². The largest absolute Gasteiger partial charge is 0.454 e. The number of nitrogens with zero attached hydrogens (tertiary/aromatic N) is 5. The van der Waals surface area contributed by atoms with Crippen molar-refractivity contribution in [3.63, 3.8) is 0 Å². The first-order valence-corrected chi connectivity index (χ1v) is 20.4. The molecule has 4 heterocycles. The zero-order chi connectivity index (χ0) is 39.7. The fourth-order valence-corrected chi connectivity index (χ4v) is 9.97. The van der Waals surface area contributed by atoms with Crippen molar-refractivity contribution in [3.8, 4) is 45.5 Å². The Morgan fingerprint density at radius 1 is 0.417 bits per heavy atom. The van der Waals surface area contributed by atoms with Crippen molar-refractivity contribution >= 4 is 65.6 Å². The van der Waals surface area contributed by atoms with Crippen LogP contribution in [-0.4, -0.2) is 24.1 Å². The van der Waals surface area contributed by atoms with Gasteiger partial charge in [-0.3, -0.25) is 4.57 Å². The van der Waals surface area contributed by atoms with Crippen LogP contribution >= 0.6 is 0 Å². The molecular weight excluding hydrogens is 735 g/mol. The second-order valence-corrected chi connectivity index (χ2v) is 16.4. The molecule has 1 aliphatic carbocycles. The SMILES string of the molecule is CC1(C)c2ccccc2-c2cc3c4ccccc4n(-c4cccc5c4oc4cc(-c6nc(-c7ccccc7)nc(-n7c8ccccc8c8ccccc87)n6)ccc45)c3cc21. The molecule has 0 radical (unpaired) electrons. The molecule has 0 bridgehead atoms. The van der Waals surface area contributed by atoms with Crippen molar-refractivity contribution in [2.24, 2.45) is 0 Å². The van der Waals surface area contributed by atoms with Crippen LogP contribution in [0.3, 0.4) is 0 Å². The molecule has 0 saturated carbocycles. The van der Waals surface area contributed by atoms with Gasteiger partial charge >= 0.3 is 0 Å². The minimum absolute atomic E-state index is 0.125. The molecule has 1 aliphatic rings. The van der Waals surface area contributed by atoms with Gasteiger partial charge in [-0.25, -0.2) is 4.98 Å². The van der Waals surface area contributed by atoms with Crippen molar-refractivity contribution in [1.82, 2.24) is 24.1 Å². The van der Waals surface area contributed by atoms with Crippen LogP contribution in [0.5, 0.6) is 0 Å². The molecule has 60 heavy (non-hydrogen) atoms. The van der Waals surface area contributed by atoms with E-state index < -0.39 is 0 Å². The Kier molecular flexibility index (Phi) is 6.69. The number of aromatic nitrogens is 5. The lowest BCUT2D eigenvalue weighted by Crippen LogP contribution is -2.14. The Bertz CT molecular complexity index is 3700. The number of para-hydroxylation sites is 4. The summed E-state index contributed by atoms with van der Waals surface area (Å²) in [5.74, 6) is 1.74. The fourth-order valence-electron chi connectivity index (χ4n) is 9.97. The number of hydrogen-bond acceptors (Lipinski definition) is 4. The van der Waals surface area contributed by atoms with Crippen LogP contribution in [0.2, 0.25) is 0 Å². The van der Waals surface area contributed by atoms with Crippen LogP contribution < -0.4 is 0 Å². The van der Waals surface area contributed by atoms with Crippen molar-refractivity contribution in [2.45, 2.75) is 19.3 Å². The first-order valence-electron chi connectivity index (χ1n) is 20.4. The van der Waals surface area contributed by atoms with Crippen molar-refractivity contribution in [1.29, 1.82) is 0 Å². The van der Waals surface area contributed by atoms with Gasteiger partial charge in [0.15, 0.2) is 17.2 Å².